The zero-order chi connectivity index (χ0) is 14.6. The van der Waals surface area contributed by atoms with E-state index in [0.29, 0.717) is 16.9 Å². The second-order valence-corrected chi connectivity index (χ2v) is 4.17. The zero-order valence-corrected chi connectivity index (χ0v) is 10.9. The van der Waals surface area contributed by atoms with Gasteiger partial charge in [-0.25, -0.2) is 0 Å². The highest BCUT2D eigenvalue weighted by molar-refractivity contribution is 5.98. The van der Waals surface area contributed by atoms with Crippen molar-refractivity contribution < 1.29 is 27.4 Å². The summed E-state index contributed by atoms with van der Waals surface area (Å²) in [5.74, 6) is 0.151. The van der Waals surface area contributed by atoms with E-state index in [1.807, 2.05) is 0 Å². The molecule has 0 aliphatic heterocycles. The molecule has 0 N–H and O–H groups in total. The molecule has 0 aliphatic carbocycles. The number of methoxy groups -OCH3 is 1. The van der Waals surface area contributed by atoms with E-state index in [9.17, 15) is 18.0 Å². The van der Waals surface area contributed by atoms with Crippen molar-refractivity contribution in [2.75, 3.05) is 20.3 Å². The van der Waals surface area contributed by atoms with Crippen LogP contribution < -0.4 is 4.74 Å². The molecule has 0 aliphatic rings. The zero-order valence-electron chi connectivity index (χ0n) is 10.9. The maximum absolute atomic E-state index is 11.9. The number of ketones is 1. The van der Waals surface area contributed by atoms with Crippen molar-refractivity contribution in [1.29, 1.82) is 0 Å². The van der Waals surface area contributed by atoms with Crippen molar-refractivity contribution in [3.8, 4) is 5.75 Å². The van der Waals surface area contributed by atoms with E-state index in [4.69, 9.17) is 4.74 Å². The van der Waals surface area contributed by atoms with Crippen LogP contribution >= 0.6 is 0 Å². The van der Waals surface area contributed by atoms with Crippen LogP contribution in [0.4, 0.5) is 13.2 Å². The van der Waals surface area contributed by atoms with Gasteiger partial charge in [0.2, 0.25) is 0 Å². The largest absolute Gasteiger partial charge is 0.496 e. The first kappa shape index (κ1) is 15.5. The first-order valence-electron chi connectivity index (χ1n) is 5.57. The number of benzene rings is 1. The SMILES string of the molecule is COc1cc(C)c(C(=O)COCC(F)(F)F)cc1C. The molecule has 0 saturated carbocycles. The Morgan fingerprint density at radius 2 is 1.84 bits per heavy atom. The Morgan fingerprint density at radius 3 is 2.37 bits per heavy atom. The Morgan fingerprint density at radius 1 is 1.21 bits per heavy atom. The summed E-state index contributed by atoms with van der Waals surface area (Å²) in [6.07, 6.45) is -4.43. The number of Topliss-reactive ketones (excluding diaryl/α,β-unsaturated/α-hetero) is 1. The summed E-state index contributed by atoms with van der Waals surface area (Å²) in [6, 6.07) is 3.26. The third-order valence-electron chi connectivity index (χ3n) is 2.54. The Labute approximate surface area is 109 Å². The van der Waals surface area contributed by atoms with Crippen molar-refractivity contribution in [3.63, 3.8) is 0 Å². The number of hydrogen-bond acceptors (Lipinski definition) is 3. The molecule has 0 heterocycles. The summed E-state index contributed by atoms with van der Waals surface area (Å²) in [5, 5.41) is 0. The van der Waals surface area contributed by atoms with Gasteiger partial charge in [-0.2, -0.15) is 13.2 Å². The van der Waals surface area contributed by atoms with E-state index in [2.05, 4.69) is 4.74 Å². The van der Waals surface area contributed by atoms with E-state index < -0.39 is 25.2 Å². The van der Waals surface area contributed by atoms with Crippen molar-refractivity contribution >= 4 is 5.78 Å². The molecule has 0 aromatic heterocycles. The first-order valence-corrected chi connectivity index (χ1v) is 5.57. The van der Waals surface area contributed by atoms with Gasteiger partial charge >= 0.3 is 6.18 Å². The molecule has 3 nitrogen and oxygen atoms in total. The number of hydrogen-bond donors (Lipinski definition) is 0. The highest BCUT2D eigenvalue weighted by Gasteiger charge is 2.28. The van der Waals surface area contributed by atoms with Gasteiger partial charge in [0.1, 0.15) is 19.0 Å². The quantitative estimate of drug-likeness (QED) is 0.775. The number of aryl methyl sites for hydroxylation is 2. The average molecular weight is 276 g/mol. The van der Waals surface area contributed by atoms with Gasteiger partial charge in [-0.15, -0.1) is 0 Å². The molecule has 0 spiro atoms. The number of rotatable bonds is 5. The minimum Gasteiger partial charge on any atom is -0.496 e. The molecule has 19 heavy (non-hydrogen) atoms. The summed E-state index contributed by atoms with van der Waals surface area (Å²) in [6.45, 7) is 1.43. The number of halogens is 3. The van der Waals surface area contributed by atoms with Crippen LogP contribution in [0.1, 0.15) is 21.5 Å². The van der Waals surface area contributed by atoms with E-state index in [1.165, 1.54) is 7.11 Å². The molecule has 0 radical (unpaired) electrons. The van der Waals surface area contributed by atoms with E-state index in [1.54, 1.807) is 26.0 Å². The maximum Gasteiger partial charge on any atom is 0.411 e. The molecule has 1 rings (SSSR count). The number of carbonyl (C=O) groups is 1. The van der Waals surface area contributed by atoms with Crippen molar-refractivity contribution in [1.82, 2.24) is 0 Å². The van der Waals surface area contributed by atoms with Crippen LogP contribution in [0.5, 0.6) is 5.75 Å². The summed E-state index contributed by atoms with van der Waals surface area (Å²) >= 11 is 0. The van der Waals surface area contributed by atoms with Crippen LogP contribution in [0.25, 0.3) is 0 Å². The summed E-state index contributed by atoms with van der Waals surface area (Å²) in [7, 11) is 1.51. The Bertz CT molecular complexity index is 467. The van der Waals surface area contributed by atoms with Crippen LogP contribution in [0.15, 0.2) is 12.1 Å². The molecular formula is C13H15F3O3. The second-order valence-electron chi connectivity index (χ2n) is 4.17. The normalized spacial score (nSPS) is 11.5. The van der Waals surface area contributed by atoms with Crippen molar-refractivity contribution in [3.05, 3.63) is 28.8 Å². The lowest BCUT2D eigenvalue weighted by Gasteiger charge is -2.11. The predicted octanol–water partition coefficient (Wildman–Crippen LogP) is 3.07. The molecule has 0 saturated heterocycles. The van der Waals surface area contributed by atoms with Crippen LogP contribution in [-0.4, -0.2) is 32.3 Å². The highest BCUT2D eigenvalue weighted by atomic mass is 19.4. The number of alkyl halides is 3. The summed E-state index contributed by atoms with van der Waals surface area (Å²) in [4.78, 5) is 11.8. The number of carbonyl (C=O) groups excluding carboxylic acids is 1. The van der Waals surface area contributed by atoms with Crippen LogP contribution in [0, 0.1) is 13.8 Å². The molecule has 0 bridgehead atoms. The molecule has 1 aromatic rings. The van der Waals surface area contributed by atoms with Gasteiger partial charge in [-0.05, 0) is 37.1 Å². The lowest BCUT2D eigenvalue weighted by molar-refractivity contribution is -0.170. The van der Waals surface area contributed by atoms with Gasteiger partial charge < -0.3 is 9.47 Å². The standard InChI is InChI=1S/C13H15F3O3/c1-8-5-12(18-3)9(2)4-10(8)11(17)6-19-7-13(14,15)16/h4-5H,6-7H2,1-3H3. The minimum absolute atomic E-state index is 0.348. The van der Waals surface area contributed by atoms with Crippen LogP contribution in [0.3, 0.4) is 0 Å². The molecule has 1 aromatic carbocycles. The third-order valence-corrected chi connectivity index (χ3v) is 2.54. The molecule has 6 heteroatoms. The van der Waals surface area contributed by atoms with E-state index in [-0.39, 0.29) is 0 Å². The van der Waals surface area contributed by atoms with Gasteiger partial charge in [0.25, 0.3) is 0 Å². The smallest absolute Gasteiger partial charge is 0.411 e. The third kappa shape index (κ3) is 4.55. The fraction of sp³-hybridized carbons (Fsp3) is 0.462. The predicted molar refractivity (Wildman–Crippen MR) is 63.7 cm³/mol. The molecule has 0 atom stereocenters. The monoisotopic (exact) mass is 276 g/mol. The second kappa shape index (κ2) is 6.06. The number of ether oxygens (including phenoxy) is 2. The van der Waals surface area contributed by atoms with Crippen molar-refractivity contribution in [2.45, 2.75) is 20.0 Å². The van der Waals surface area contributed by atoms with E-state index in [0.717, 1.165) is 5.56 Å². The minimum atomic E-state index is -4.43. The lowest BCUT2D eigenvalue weighted by atomic mass is 10.0. The van der Waals surface area contributed by atoms with Gasteiger partial charge in [0.05, 0.1) is 7.11 Å². The molecule has 106 valence electrons. The molecular weight excluding hydrogens is 261 g/mol. The lowest BCUT2D eigenvalue weighted by Crippen LogP contribution is -2.20. The van der Waals surface area contributed by atoms with Crippen LogP contribution in [0.2, 0.25) is 0 Å². The maximum atomic E-state index is 11.9. The van der Waals surface area contributed by atoms with Crippen LogP contribution in [-0.2, 0) is 4.74 Å². The topological polar surface area (TPSA) is 35.5 Å². The summed E-state index contributed by atoms with van der Waals surface area (Å²) in [5.41, 5.74) is 1.73. The van der Waals surface area contributed by atoms with E-state index >= 15 is 0 Å². The average Bonchev–Trinajstić information content (AvgIpc) is 2.29. The van der Waals surface area contributed by atoms with Gasteiger partial charge in [-0.3, -0.25) is 4.79 Å². The molecule has 0 amide bonds. The van der Waals surface area contributed by atoms with Gasteiger partial charge in [0.15, 0.2) is 5.78 Å². The fourth-order valence-electron chi connectivity index (χ4n) is 1.65. The molecule has 0 fully saturated rings. The Balaban J connectivity index is 2.75. The van der Waals surface area contributed by atoms with Crippen molar-refractivity contribution in [2.24, 2.45) is 0 Å². The molecule has 0 unspecified atom stereocenters. The van der Waals surface area contributed by atoms with Gasteiger partial charge in [-0.1, -0.05) is 0 Å². The Kier molecular flexibility index (Phi) is 4.94. The highest BCUT2D eigenvalue weighted by Crippen LogP contribution is 2.23. The first-order chi connectivity index (χ1) is 8.74. The van der Waals surface area contributed by atoms with Gasteiger partial charge in [0, 0.05) is 5.56 Å². The fourth-order valence-corrected chi connectivity index (χ4v) is 1.65. The Hall–Kier alpha value is -1.56. The summed E-state index contributed by atoms with van der Waals surface area (Å²) < 4.78 is 45.1.